The predicted octanol–water partition coefficient (Wildman–Crippen LogP) is 3.12. The Kier molecular flexibility index (Phi) is 4.65. The highest BCUT2D eigenvalue weighted by Gasteiger charge is 2.21. The molecule has 3 nitrogen and oxygen atoms in total. The molecule has 1 N–H and O–H groups in total. The van der Waals surface area contributed by atoms with Gasteiger partial charge in [0.2, 0.25) is 0 Å². The lowest BCUT2D eigenvalue weighted by molar-refractivity contribution is 0.0853. The van der Waals surface area contributed by atoms with E-state index in [4.69, 9.17) is 4.74 Å². The first-order valence-corrected chi connectivity index (χ1v) is 7.17. The maximum Gasteiger partial charge on any atom is 0.0782 e. The molecular weight excluding hydrogens is 294 g/mol. The minimum atomic E-state index is -0.449. The number of ether oxygens (including phenoxy) is 1. The van der Waals surface area contributed by atoms with Crippen LogP contribution in [0.1, 0.15) is 31.4 Å². The average molecular weight is 314 g/mol. The Morgan fingerprint density at radius 1 is 1.39 bits per heavy atom. The molecule has 1 heterocycles. The van der Waals surface area contributed by atoms with Crippen molar-refractivity contribution < 1.29 is 9.84 Å². The van der Waals surface area contributed by atoms with Crippen molar-refractivity contribution >= 4 is 21.6 Å². The number of benzene rings is 1. The summed E-state index contributed by atoms with van der Waals surface area (Å²) in [5.41, 5.74) is 2.08. The van der Waals surface area contributed by atoms with E-state index in [9.17, 15) is 5.11 Å². The maximum atomic E-state index is 9.88. The third kappa shape index (κ3) is 3.05. The van der Waals surface area contributed by atoms with Gasteiger partial charge in [-0.3, -0.25) is 0 Å². The van der Waals surface area contributed by atoms with Crippen molar-refractivity contribution in [1.29, 1.82) is 0 Å². The smallest absolute Gasteiger partial charge is 0.0782 e. The molecule has 0 amide bonds. The lowest BCUT2D eigenvalue weighted by Crippen LogP contribution is -2.37. The van der Waals surface area contributed by atoms with Crippen molar-refractivity contribution in [3.63, 3.8) is 0 Å². The SMILES string of the molecule is CC(O)c1ccc(Br)cc1N(C)C1CCOCC1. The fourth-order valence-electron chi connectivity index (χ4n) is 2.44. The number of nitrogens with zero attached hydrogens (tertiary/aromatic N) is 1. The topological polar surface area (TPSA) is 32.7 Å². The van der Waals surface area contributed by atoms with Crippen LogP contribution in [0.5, 0.6) is 0 Å². The van der Waals surface area contributed by atoms with E-state index in [1.54, 1.807) is 0 Å². The number of aliphatic hydroxyl groups excluding tert-OH is 1. The second kappa shape index (κ2) is 6.04. The van der Waals surface area contributed by atoms with Crippen molar-refractivity contribution in [3.8, 4) is 0 Å². The molecule has 1 aromatic carbocycles. The molecule has 0 spiro atoms. The zero-order valence-corrected chi connectivity index (χ0v) is 12.5. The first-order chi connectivity index (χ1) is 8.59. The molecule has 1 aliphatic heterocycles. The highest BCUT2D eigenvalue weighted by atomic mass is 79.9. The molecule has 0 aliphatic carbocycles. The van der Waals surface area contributed by atoms with E-state index in [1.165, 1.54) is 0 Å². The number of anilines is 1. The largest absolute Gasteiger partial charge is 0.389 e. The summed E-state index contributed by atoms with van der Waals surface area (Å²) in [5, 5.41) is 9.88. The third-order valence-corrected chi connectivity index (χ3v) is 4.05. The van der Waals surface area contributed by atoms with Gasteiger partial charge in [-0.25, -0.2) is 0 Å². The maximum absolute atomic E-state index is 9.88. The average Bonchev–Trinajstić information content (AvgIpc) is 2.38. The molecule has 100 valence electrons. The standard InChI is InChI=1S/C14H20BrNO2/c1-10(17)13-4-3-11(15)9-14(13)16(2)12-5-7-18-8-6-12/h3-4,9-10,12,17H,5-8H2,1-2H3. The van der Waals surface area contributed by atoms with Crippen LogP contribution in [0.25, 0.3) is 0 Å². The van der Waals surface area contributed by atoms with Crippen LogP contribution < -0.4 is 4.90 Å². The fraction of sp³-hybridized carbons (Fsp3) is 0.571. The van der Waals surface area contributed by atoms with Crippen LogP contribution in [0.3, 0.4) is 0 Å². The molecular formula is C14H20BrNO2. The molecule has 2 rings (SSSR count). The lowest BCUT2D eigenvalue weighted by Gasteiger charge is -2.34. The number of halogens is 1. The fourth-order valence-corrected chi connectivity index (χ4v) is 2.79. The summed E-state index contributed by atoms with van der Waals surface area (Å²) in [5.74, 6) is 0. The van der Waals surface area contributed by atoms with Gasteiger partial charge < -0.3 is 14.7 Å². The van der Waals surface area contributed by atoms with Crippen LogP contribution >= 0.6 is 15.9 Å². The first kappa shape index (κ1) is 13.8. The zero-order chi connectivity index (χ0) is 13.1. The van der Waals surface area contributed by atoms with Crippen LogP contribution in [0, 0.1) is 0 Å². The van der Waals surface area contributed by atoms with Gasteiger partial charge in [-0.05, 0) is 31.9 Å². The predicted molar refractivity (Wildman–Crippen MR) is 77.0 cm³/mol. The summed E-state index contributed by atoms with van der Waals surface area (Å²) >= 11 is 3.50. The van der Waals surface area contributed by atoms with Gasteiger partial charge in [0.05, 0.1) is 6.10 Å². The molecule has 1 atom stereocenters. The number of rotatable bonds is 3. The molecule has 0 aromatic heterocycles. The number of hydrogen-bond acceptors (Lipinski definition) is 3. The van der Waals surface area contributed by atoms with E-state index < -0.39 is 6.10 Å². The summed E-state index contributed by atoms with van der Waals surface area (Å²) in [6, 6.07) is 6.53. The van der Waals surface area contributed by atoms with Crippen molar-refractivity contribution in [2.75, 3.05) is 25.2 Å². The summed E-state index contributed by atoms with van der Waals surface area (Å²) in [6.07, 6.45) is 1.64. The molecule has 0 bridgehead atoms. The van der Waals surface area contributed by atoms with Crippen molar-refractivity contribution in [2.24, 2.45) is 0 Å². The third-order valence-electron chi connectivity index (χ3n) is 3.56. The van der Waals surface area contributed by atoms with E-state index in [2.05, 4.69) is 33.9 Å². The second-order valence-electron chi connectivity index (χ2n) is 4.83. The van der Waals surface area contributed by atoms with Gasteiger partial charge in [0, 0.05) is 42.0 Å². The summed E-state index contributed by atoms with van der Waals surface area (Å²) < 4.78 is 6.44. The first-order valence-electron chi connectivity index (χ1n) is 6.37. The van der Waals surface area contributed by atoms with Gasteiger partial charge in [0.1, 0.15) is 0 Å². The van der Waals surface area contributed by atoms with E-state index in [0.29, 0.717) is 6.04 Å². The van der Waals surface area contributed by atoms with E-state index >= 15 is 0 Å². The Hall–Kier alpha value is -0.580. The Balaban J connectivity index is 2.27. The van der Waals surface area contributed by atoms with Crippen LogP contribution in [0.4, 0.5) is 5.69 Å². The Bertz CT molecular complexity index is 403. The van der Waals surface area contributed by atoms with Gasteiger partial charge in [0.25, 0.3) is 0 Å². The second-order valence-corrected chi connectivity index (χ2v) is 5.75. The Morgan fingerprint density at radius 3 is 2.67 bits per heavy atom. The van der Waals surface area contributed by atoms with Gasteiger partial charge in [-0.1, -0.05) is 22.0 Å². The Labute approximate surface area is 117 Å². The van der Waals surface area contributed by atoms with E-state index in [1.807, 2.05) is 19.1 Å². The number of hydrogen-bond donors (Lipinski definition) is 1. The molecule has 1 saturated heterocycles. The molecule has 4 heteroatoms. The molecule has 1 unspecified atom stereocenters. The zero-order valence-electron chi connectivity index (χ0n) is 10.9. The Morgan fingerprint density at radius 2 is 2.06 bits per heavy atom. The lowest BCUT2D eigenvalue weighted by atomic mass is 10.0. The van der Waals surface area contributed by atoms with Crippen LogP contribution in [-0.2, 0) is 4.74 Å². The normalized spacial score (nSPS) is 18.7. The van der Waals surface area contributed by atoms with Crippen molar-refractivity contribution in [2.45, 2.75) is 31.9 Å². The quantitative estimate of drug-likeness (QED) is 0.930. The summed E-state index contributed by atoms with van der Waals surface area (Å²) in [6.45, 7) is 3.46. The van der Waals surface area contributed by atoms with E-state index in [0.717, 1.165) is 41.8 Å². The van der Waals surface area contributed by atoms with Gasteiger partial charge >= 0.3 is 0 Å². The van der Waals surface area contributed by atoms with Gasteiger partial charge in [-0.15, -0.1) is 0 Å². The van der Waals surface area contributed by atoms with Crippen molar-refractivity contribution in [1.82, 2.24) is 0 Å². The molecule has 0 radical (unpaired) electrons. The van der Waals surface area contributed by atoms with Crippen LogP contribution in [0.2, 0.25) is 0 Å². The van der Waals surface area contributed by atoms with Gasteiger partial charge in [-0.2, -0.15) is 0 Å². The van der Waals surface area contributed by atoms with Crippen LogP contribution in [0.15, 0.2) is 22.7 Å². The minimum Gasteiger partial charge on any atom is -0.389 e. The van der Waals surface area contributed by atoms with E-state index in [-0.39, 0.29) is 0 Å². The highest BCUT2D eigenvalue weighted by molar-refractivity contribution is 9.10. The molecule has 0 saturated carbocycles. The molecule has 1 fully saturated rings. The summed E-state index contributed by atoms with van der Waals surface area (Å²) in [4.78, 5) is 2.27. The monoisotopic (exact) mass is 313 g/mol. The molecule has 1 aliphatic rings. The number of aliphatic hydroxyl groups is 1. The van der Waals surface area contributed by atoms with Crippen molar-refractivity contribution in [3.05, 3.63) is 28.2 Å². The minimum absolute atomic E-state index is 0.449. The molecule has 18 heavy (non-hydrogen) atoms. The summed E-state index contributed by atoms with van der Waals surface area (Å²) in [7, 11) is 2.10. The molecule has 1 aromatic rings. The highest BCUT2D eigenvalue weighted by Crippen LogP contribution is 2.31. The van der Waals surface area contributed by atoms with Gasteiger partial charge in [0.15, 0.2) is 0 Å². The van der Waals surface area contributed by atoms with Crippen LogP contribution in [-0.4, -0.2) is 31.4 Å².